The molecule has 1 aliphatic rings. The van der Waals surface area contributed by atoms with E-state index in [0.717, 1.165) is 32.4 Å². The van der Waals surface area contributed by atoms with Crippen molar-refractivity contribution in [2.24, 2.45) is 5.92 Å². The first-order chi connectivity index (χ1) is 11.7. The van der Waals surface area contributed by atoms with Crippen molar-refractivity contribution in [2.45, 2.75) is 56.9 Å². The monoisotopic (exact) mass is 367 g/mol. The molecule has 1 fully saturated rings. The average molecular weight is 368 g/mol. The molecule has 3 N–H and O–H groups in total. The van der Waals surface area contributed by atoms with Crippen molar-refractivity contribution in [2.75, 3.05) is 18.4 Å². The first-order valence-electron chi connectivity index (χ1n) is 8.80. The summed E-state index contributed by atoms with van der Waals surface area (Å²) in [7, 11) is -3.61. The maximum absolute atomic E-state index is 12.4. The molecule has 0 spiro atoms. The molecular weight excluding hydrogens is 338 g/mol. The van der Waals surface area contributed by atoms with E-state index in [0.29, 0.717) is 18.0 Å². The van der Waals surface area contributed by atoms with E-state index in [-0.39, 0.29) is 10.8 Å². The average Bonchev–Trinajstić information content (AvgIpc) is 2.52. The highest BCUT2D eigenvalue weighted by Gasteiger charge is 2.22. The van der Waals surface area contributed by atoms with E-state index >= 15 is 0 Å². The van der Waals surface area contributed by atoms with Crippen LogP contribution in [0, 0.1) is 5.92 Å². The van der Waals surface area contributed by atoms with E-state index in [4.69, 9.17) is 0 Å². The molecule has 1 amide bonds. The number of sulfonamides is 1. The van der Waals surface area contributed by atoms with Crippen molar-refractivity contribution in [3.63, 3.8) is 0 Å². The lowest BCUT2D eigenvalue weighted by Gasteiger charge is -2.22. The fourth-order valence-electron chi connectivity index (χ4n) is 2.93. The highest BCUT2D eigenvalue weighted by molar-refractivity contribution is 7.89. The van der Waals surface area contributed by atoms with Gasteiger partial charge in [0.05, 0.1) is 4.90 Å². The summed E-state index contributed by atoms with van der Waals surface area (Å²) in [6.45, 7) is 7.41. The molecular formula is C18H29N3O3S. The number of hydrogen-bond acceptors (Lipinski definition) is 4. The van der Waals surface area contributed by atoms with Gasteiger partial charge in [0, 0.05) is 17.6 Å². The molecule has 2 rings (SSSR count). The van der Waals surface area contributed by atoms with Gasteiger partial charge in [0.2, 0.25) is 15.9 Å². The van der Waals surface area contributed by atoms with E-state index in [1.807, 2.05) is 0 Å². The molecule has 25 heavy (non-hydrogen) atoms. The van der Waals surface area contributed by atoms with Crippen LogP contribution >= 0.6 is 0 Å². The lowest BCUT2D eigenvalue weighted by Crippen LogP contribution is -2.40. The molecule has 0 saturated carbocycles. The van der Waals surface area contributed by atoms with E-state index in [9.17, 15) is 13.2 Å². The molecule has 1 saturated heterocycles. The number of piperidine rings is 1. The van der Waals surface area contributed by atoms with Crippen LogP contribution in [0.25, 0.3) is 0 Å². The maximum Gasteiger partial charge on any atom is 0.241 e. The fraction of sp³-hybridized carbons (Fsp3) is 0.611. The Morgan fingerprint density at radius 1 is 1.24 bits per heavy atom. The second-order valence-electron chi connectivity index (χ2n) is 7.66. The van der Waals surface area contributed by atoms with Crippen LogP contribution in [0.5, 0.6) is 0 Å². The van der Waals surface area contributed by atoms with E-state index in [1.54, 1.807) is 32.9 Å². The van der Waals surface area contributed by atoms with Crippen molar-refractivity contribution in [1.29, 1.82) is 0 Å². The van der Waals surface area contributed by atoms with Crippen molar-refractivity contribution < 1.29 is 13.2 Å². The van der Waals surface area contributed by atoms with Crippen LogP contribution in [0.15, 0.2) is 29.2 Å². The number of rotatable bonds is 6. The molecule has 6 nitrogen and oxygen atoms in total. The number of carbonyl (C=O) groups excluding carboxylic acids is 1. The van der Waals surface area contributed by atoms with Gasteiger partial charge in [0.25, 0.3) is 0 Å². The zero-order valence-electron chi connectivity index (χ0n) is 15.3. The zero-order valence-corrected chi connectivity index (χ0v) is 16.1. The topological polar surface area (TPSA) is 87.3 Å². The molecule has 0 aromatic heterocycles. The Kier molecular flexibility index (Phi) is 6.59. The molecule has 0 aliphatic carbocycles. The third kappa shape index (κ3) is 6.76. The largest absolute Gasteiger partial charge is 0.326 e. The number of hydrogen-bond donors (Lipinski definition) is 3. The zero-order chi connectivity index (χ0) is 18.5. The minimum Gasteiger partial charge on any atom is -0.326 e. The molecule has 140 valence electrons. The summed E-state index contributed by atoms with van der Waals surface area (Å²) in [4.78, 5) is 12.3. The van der Waals surface area contributed by atoms with Crippen molar-refractivity contribution in [1.82, 2.24) is 10.0 Å². The standard InChI is InChI=1S/C18H29N3O3S/c1-18(2,3)21-25(23,24)16-6-4-5-15(13-16)20-17(22)8-7-14-9-11-19-12-10-14/h4-6,13-14,19,21H,7-12H2,1-3H3,(H,20,22). The van der Waals surface area contributed by atoms with Gasteiger partial charge in [-0.25, -0.2) is 13.1 Å². The first-order valence-corrected chi connectivity index (χ1v) is 10.3. The summed E-state index contributed by atoms with van der Waals surface area (Å²) >= 11 is 0. The van der Waals surface area contributed by atoms with E-state index < -0.39 is 15.6 Å². The Labute approximate surface area is 150 Å². The van der Waals surface area contributed by atoms with Gasteiger partial charge in [0.1, 0.15) is 0 Å². The van der Waals surface area contributed by atoms with Gasteiger partial charge in [-0.15, -0.1) is 0 Å². The second-order valence-corrected chi connectivity index (χ2v) is 9.35. The molecule has 0 radical (unpaired) electrons. The minimum atomic E-state index is -3.61. The molecule has 0 atom stereocenters. The Morgan fingerprint density at radius 3 is 2.56 bits per heavy atom. The van der Waals surface area contributed by atoms with Crippen molar-refractivity contribution in [3.8, 4) is 0 Å². The number of carbonyl (C=O) groups is 1. The highest BCUT2D eigenvalue weighted by atomic mass is 32.2. The van der Waals surface area contributed by atoms with Crippen LogP contribution in [0.2, 0.25) is 0 Å². The number of nitrogens with one attached hydrogen (secondary N) is 3. The Hall–Kier alpha value is -1.44. The third-order valence-electron chi connectivity index (χ3n) is 4.11. The predicted molar refractivity (Wildman–Crippen MR) is 100.0 cm³/mol. The van der Waals surface area contributed by atoms with Gasteiger partial charge in [-0.3, -0.25) is 4.79 Å². The van der Waals surface area contributed by atoms with Gasteiger partial charge in [-0.2, -0.15) is 0 Å². The predicted octanol–water partition coefficient (Wildman–Crippen LogP) is 2.48. The summed E-state index contributed by atoms with van der Waals surface area (Å²) in [5.74, 6) is 0.520. The second kappa shape index (κ2) is 8.29. The molecule has 1 aliphatic heterocycles. The van der Waals surface area contributed by atoms with E-state index in [2.05, 4.69) is 15.4 Å². The van der Waals surface area contributed by atoms with Crippen LogP contribution in [-0.2, 0) is 14.8 Å². The van der Waals surface area contributed by atoms with Crippen molar-refractivity contribution in [3.05, 3.63) is 24.3 Å². The molecule has 1 heterocycles. The van der Waals surface area contributed by atoms with Crippen LogP contribution in [0.1, 0.15) is 46.5 Å². The third-order valence-corrected chi connectivity index (χ3v) is 5.86. The van der Waals surface area contributed by atoms with Gasteiger partial charge >= 0.3 is 0 Å². The van der Waals surface area contributed by atoms with Gasteiger partial charge in [0.15, 0.2) is 0 Å². The number of benzene rings is 1. The first kappa shape index (κ1) is 19.9. The Balaban J connectivity index is 1.95. The lowest BCUT2D eigenvalue weighted by atomic mass is 9.93. The molecule has 1 aromatic rings. The molecule has 7 heteroatoms. The fourth-order valence-corrected chi connectivity index (χ4v) is 4.40. The number of amides is 1. The van der Waals surface area contributed by atoms with Crippen LogP contribution < -0.4 is 15.4 Å². The van der Waals surface area contributed by atoms with Crippen LogP contribution in [0.4, 0.5) is 5.69 Å². The smallest absolute Gasteiger partial charge is 0.241 e. The van der Waals surface area contributed by atoms with E-state index in [1.165, 1.54) is 12.1 Å². The molecule has 0 unspecified atom stereocenters. The Bertz CT molecular complexity index is 690. The SMILES string of the molecule is CC(C)(C)NS(=O)(=O)c1cccc(NC(=O)CCC2CCNCC2)c1. The quantitative estimate of drug-likeness (QED) is 0.721. The van der Waals surface area contributed by atoms with Gasteiger partial charge in [-0.1, -0.05) is 6.07 Å². The Morgan fingerprint density at radius 2 is 1.92 bits per heavy atom. The summed E-state index contributed by atoms with van der Waals surface area (Å²) in [5.41, 5.74) is -0.0560. The summed E-state index contributed by atoms with van der Waals surface area (Å²) in [5, 5.41) is 6.13. The van der Waals surface area contributed by atoms with Crippen molar-refractivity contribution >= 4 is 21.6 Å². The molecule has 1 aromatic carbocycles. The minimum absolute atomic E-state index is 0.0724. The van der Waals surface area contributed by atoms with Crippen LogP contribution in [-0.4, -0.2) is 33.0 Å². The normalized spacial score (nSPS) is 16.6. The van der Waals surface area contributed by atoms with Gasteiger partial charge in [-0.05, 0) is 77.2 Å². The number of anilines is 1. The summed E-state index contributed by atoms with van der Waals surface area (Å²) < 4.78 is 27.4. The van der Waals surface area contributed by atoms with Gasteiger partial charge < -0.3 is 10.6 Å². The molecule has 0 bridgehead atoms. The maximum atomic E-state index is 12.4. The summed E-state index contributed by atoms with van der Waals surface area (Å²) in [6.07, 6.45) is 3.55. The van der Waals surface area contributed by atoms with Crippen LogP contribution in [0.3, 0.4) is 0 Å². The highest BCUT2D eigenvalue weighted by Crippen LogP contribution is 2.20. The lowest BCUT2D eigenvalue weighted by molar-refractivity contribution is -0.116. The summed E-state index contributed by atoms with van der Waals surface area (Å²) in [6, 6.07) is 6.37.